The summed E-state index contributed by atoms with van der Waals surface area (Å²) >= 11 is 0. The van der Waals surface area contributed by atoms with E-state index in [-0.39, 0.29) is 12.5 Å². The fraction of sp³-hybridized carbons (Fsp3) is 0.273. The van der Waals surface area contributed by atoms with Gasteiger partial charge in [0.1, 0.15) is 5.75 Å². The summed E-state index contributed by atoms with van der Waals surface area (Å²) in [6.45, 7) is 2.85. The number of nitrogens with one attached hydrogen (secondary N) is 2. The van der Waals surface area contributed by atoms with E-state index in [1.807, 2.05) is 24.3 Å². The number of unbranched alkanes of at least 4 members (excludes halogenated alkanes) is 1. The third kappa shape index (κ3) is 5.40. The molecule has 1 heterocycles. The van der Waals surface area contributed by atoms with Gasteiger partial charge < -0.3 is 10.1 Å². The maximum atomic E-state index is 12.6. The van der Waals surface area contributed by atoms with Gasteiger partial charge in [-0.05, 0) is 48.4 Å². The van der Waals surface area contributed by atoms with E-state index in [9.17, 15) is 18.0 Å². The first-order valence-corrected chi connectivity index (χ1v) is 9.59. The monoisotopic (exact) mass is 417 g/mol. The molecule has 0 aliphatic heterocycles. The molecule has 3 rings (SSSR count). The van der Waals surface area contributed by atoms with E-state index < -0.39 is 11.7 Å². The van der Waals surface area contributed by atoms with Gasteiger partial charge in [-0.25, -0.2) is 0 Å². The Morgan fingerprint density at radius 2 is 1.80 bits per heavy atom. The lowest BCUT2D eigenvalue weighted by Crippen LogP contribution is -2.23. The molecule has 2 N–H and O–H groups in total. The number of amides is 1. The van der Waals surface area contributed by atoms with Gasteiger partial charge in [-0.15, -0.1) is 0 Å². The summed E-state index contributed by atoms with van der Waals surface area (Å²) in [5, 5.41) is 9.49. The van der Waals surface area contributed by atoms with E-state index in [1.54, 1.807) is 0 Å². The highest BCUT2D eigenvalue weighted by molar-refractivity contribution is 5.99. The van der Waals surface area contributed by atoms with E-state index >= 15 is 0 Å². The van der Waals surface area contributed by atoms with Crippen LogP contribution in [0.3, 0.4) is 0 Å². The molecule has 3 aromatic rings. The Kier molecular flexibility index (Phi) is 6.76. The van der Waals surface area contributed by atoms with Crippen LogP contribution in [0.1, 0.15) is 41.3 Å². The van der Waals surface area contributed by atoms with Gasteiger partial charge in [-0.1, -0.05) is 25.5 Å². The number of carbonyl (C=O) groups excluding carboxylic acids is 1. The largest absolute Gasteiger partial charge is 0.494 e. The van der Waals surface area contributed by atoms with Crippen molar-refractivity contribution in [1.29, 1.82) is 0 Å². The Morgan fingerprint density at radius 1 is 1.10 bits per heavy atom. The molecule has 5 nitrogen and oxygen atoms in total. The van der Waals surface area contributed by atoms with Gasteiger partial charge in [0.2, 0.25) is 0 Å². The van der Waals surface area contributed by atoms with Crippen LogP contribution < -0.4 is 10.1 Å². The smallest absolute Gasteiger partial charge is 0.416 e. The van der Waals surface area contributed by atoms with Crippen molar-refractivity contribution in [1.82, 2.24) is 15.5 Å². The molecular formula is C22H22F3N3O2. The van der Waals surface area contributed by atoms with Gasteiger partial charge in [0, 0.05) is 12.1 Å². The van der Waals surface area contributed by atoms with Gasteiger partial charge in [0.25, 0.3) is 5.91 Å². The summed E-state index contributed by atoms with van der Waals surface area (Å²) in [4.78, 5) is 12.6. The van der Waals surface area contributed by atoms with E-state index in [2.05, 4.69) is 22.4 Å². The predicted octanol–water partition coefficient (Wildman–Crippen LogP) is 5.20. The fourth-order valence-corrected chi connectivity index (χ4v) is 2.82. The molecule has 0 bridgehead atoms. The van der Waals surface area contributed by atoms with Crippen molar-refractivity contribution in [3.8, 4) is 17.0 Å². The molecule has 0 radical (unpaired) electrons. The van der Waals surface area contributed by atoms with Crippen molar-refractivity contribution in [3.05, 3.63) is 71.4 Å². The molecular weight excluding hydrogens is 395 g/mol. The molecule has 2 aromatic carbocycles. The molecule has 0 aliphatic rings. The predicted molar refractivity (Wildman–Crippen MR) is 107 cm³/mol. The zero-order valence-corrected chi connectivity index (χ0v) is 16.4. The lowest BCUT2D eigenvalue weighted by Gasteiger charge is -2.09. The number of carbonyl (C=O) groups is 1. The van der Waals surface area contributed by atoms with Crippen molar-refractivity contribution >= 4 is 5.91 Å². The molecule has 0 atom stereocenters. The van der Waals surface area contributed by atoms with Crippen LogP contribution in [0.5, 0.6) is 5.75 Å². The number of alkyl halides is 3. The van der Waals surface area contributed by atoms with Crippen LogP contribution in [0.2, 0.25) is 0 Å². The number of ether oxygens (including phenoxy) is 1. The van der Waals surface area contributed by atoms with Crippen LogP contribution in [0, 0.1) is 0 Å². The average molecular weight is 417 g/mol. The van der Waals surface area contributed by atoms with Crippen LogP contribution in [0.25, 0.3) is 11.3 Å². The number of halogens is 3. The van der Waals surface area contributed by atoms with Crippen LogP contribution in [-0.4, -0.2) is 22.7 Å². The van der Waals surface area contributed by atoms with Crippen molar-refractivity contribution in [3.63, 3.8) is 0 Å². The molecule has 0 spiro atoms. The SMILES string of the molecule is CCCCOc1ccc(-c2[nH]ncc2C(=O)NCc2ccc(C(F)(F)F)cc2)cc1. The first kappa shape index (κ1) is 21.4. The fourth-order valence-electron chi connectivity index (χ4n) is 2.82. The topological polar surface area (TPSA) is 67.0 Å². The highest BCUT2D eigenvalue weighted by atomic mass is 19.4. The van der Waals surface area contributed by atoms with Crippen molar-refractivity contribution < 1.29 is 22.7 Å². The Labute approximate surface area is 172 Å². The van der Waals surface area contributed by atoms with Crippen molar-refractivity contribution in [2.75, 3.05) is 6.61 Å². The Hall–Kier alpha value is -3.29. The first-order valence-electron chi connectivity index (χ1n) is 9.59. The highest BCUT2D eigenvalue weighted by Crippen LogP contribution is 2.29. The normalized spacial score (nSPS) is 11.3. The van der Waals surface area contributed by atoms with Gasteiger partial charge in [0.15, 0.2) is 0 Å². The molecule has 158 valence electrons. The van der Waals surface area contributed by atoms with Crippen molar-refractivity contribution in [2.45, 2.75) is 32.5 Å². The van der Waals surface area contributed by atoms with Crippen LogP contribution in [-0.2, 0) is 12.7 Å². The molecule has 0 aliphatic carbocycles. The lowest BCUT2D eigenvalue weighted by molar-refractivity contribution is -0.137. The van der Waals surface area contributed by atoms with Gasteiger partial charge in [-0.2, -0.15) is 18.3 Å². The standard InChI is InChI=1S/C22H22F3N3O2/c1-2-3-12-30-18-10-6-16(7-11-18)20-19(14-27-28-20)21(29)26-13-15-4-8-17(9-5-15)22(23,24)25/h4-11,14H,2-3,12-13H2,1H3,(H,26,29)(H,27,28). The minimum absolute atomic E-state index is 0.103. The van der Waals surface area contributed by atoms with E-state index in [4.69, 9.17) is 4.74 Å². The molecule has 0 fully saturated rings. The summed E-state index contributed by atoms with van der Waals surface area (Å²) < 4.78 is 43.6. The maximum absolute atomic E-state index is 12.6. The second-order valence-electron chi connectivity index (χ2n) is 6.76. The van der Waals surface area contributed by atoms with Gasteiger partial charge in [0.05, 0.1) is 29.6 Å². The number of hydrogen-bond acceptors (Lipinski definition) is 3. The van der Waals surface area contributed by atoms with Crippen LogP contribution >= 0.6 is 0 Å². The molecule has 1 amide bonds. The Bertz CT molecular complexity index is 965. The molecule has 0 saturated carbocycles. The zero-order valence-electron chi connectivity index (χ0n) is 16.4. The Balaban J connectivity index is 1.63. The summed E-state index contributed by atoms with van der Waals surface area (Å²) in [6, 6.07) is 12.0. The van der Waals surface area contributed by atoms with Crippen molar-refractivity contribution in [2.24, 2.45) is 0 Å². The lowest BCUT2D eigenvalue weighted by atomic mass is 10.1. The number of aromatic amines is 1. The number of nitrogens with zero attached hydrogens (tertiary/aromatic N) is 1. The third-order valence-electron chi connectivity index (χ3n) is 4.53. The minimum atomic E-state index is -4.38. The van der Waals surface area contributed by atoms with E-state index in [0.29, 0.717) is 23.4 Å². The van der Waals surface area contributed by atoms with Crippen LogP contribution in [0.4, 0.5) is 13.2 Å². The second kappa shape index (κ2) is 9.47. The quantitative estimate of drug-likeness (QED) is 0.495. The summed E-state index contributed by atoms with van der Waals surface area (Å²) in [7, 11) is 0. The molecule has 30 heavy (non-hydrogen) atoms. The van der Waals surface area contributed by atoms with E-state index in [0.717, 1.165) is 36.3 Å². The van der Waals surface area contributed by atoms with E-state index in [1.165, 1.54) is 18.3 Å². The molecule has 8 heteroatoms. The summed E-state index contributed by atoms with van der Waals surface area (Å²) in [5.74, 6) is 0.377. The molecule has 0 unspecified atom stereocenters. The number of rotatable bonds is 8. The number of hydrogen-bond donors (Lipinski definition) is 2. The maximum Gasteiger partial charge on any atom is 0.416 e. The van der Waals surface area contributed by atoms with Gasteiger partial charge in [-0.3, -0.25) is 9.89 Å². The highest BCUT2D eigenvalue weighted by Gasteiger charge is 2.29. The first-order chi connectivity index (χ1) is 14.4. The van der Waals surface area contributed by atoms with Crippen LogP contribution in [0.15, 0.2) is 54.7 Å². The number of H-pyrrole nitrogens is 1. The molecule has 0 saturated heterocycles. The summed E-state index contributed by atoms with van der Waals surface area (Å²) in [5.41, 5.74) is 1.52. The third-order valence-corrected chi connectivity index (χ3v) is 4.53. The van der Waals surface area contributed by atoms with Gasteiger partial charge >= 0.3 is 6.18 Å². The minimum Gasteiger partial charge on any atom is -0.494 e. The Morgan fingerprint density at radius 3 is 2.43 bits per heavy atom. The number of aromatic nitrogens is 2. The number of benzene rings is 2. The molecule has 1 aromatic heterocycles. The zero-order chi connectivity index (χ0) is 21.6. The average Bonchev–Trinajstić information content (AvgIpc) is 3.22. The summed E-state index contributed by atoms with van der Waals surface area (Å²) in [6.07, 6.45) is -0.935. The second-order valence-corrected chi connectivity index (χ2v) is 6.76.